The van der Waals surface area contributed by atoms with Crippen molar-refractivity contribution in [2.75, 3.05) is 5.32 Å². The van der Waals surface area contributed by atoms with E-state index in [9.17, 15) is 4.79 Å². The zero-order valence-corrected chi connectivity index (χ0v) is 9.02. The Labute approximate surface area is 92.5 Å². The molecular formula is C11H11N3O2. The van der Waals surface area contributed by atoms with Crippen molar-refractivity contribution in [1.82, 2.24) is 9.97 Å². The number of carbonyl (C=O) groups is 1. The van der Waals surface area contributed by atoms with Crippen molar-refractivity contribution in [3.8, 4) is 0 Å². The van der Waals surface area contributed by atoms with Gasteiger partial charge in [0.25, 0.3) is 5.91 Å². The van der Waals surface area contributed by atoms with Gasteiger partial charge < -0.3 is 9.73 Å². The van der Waals surface area contributed by atoms with Crippen LogP contribution in [0, 0.1) is 13.8 Å². The smallest absolute Gasteiger partial charge is 0.293 e. The fourth-order valence-corrected chi connectivity index (χ4v) is 1.37. The number of aryl methyl sites for hydroxylation is 2. The molecule has 0 aliphatic heterocycles. The number of aromatic nitrogens is 2. The number of carbonyl (C=O) groups excluding carboxylic acids is 1. The molecular weight excluding hydrogens is 206 g/mol. The fourth-order valence-electron chi connectivity index (χ4n) is 1.37. The molecule has 0 radical (unpaired) electrons. The van der Waals surface area contributed by atoms with Crippen LogP contribution in [0.15, 0.2) is 28.9 Å². The second kappa shape index (κ2) is 4.14. The van der Waals surface area contributed by atoms with E-state index in [1.54, 1.807) is 38.4 Å². The van der Waals surface area contributed by atoms with Gasteiger partial charge in [0.05, 0.1) is 17.6 Å². The minimum absolute atomic E-state index is 0.237. The van der Waals surface area contributed by atoms with E-state index in [0.717, 1.165) is 0 Å². The van der Waals surface area contributed by atoms with Gasteiger partial charge in [0, 0.05) is 13.1 Å². The highest BCUT2D eigenvalue weighted by molar-refractivity contribution is 6.02. The zero-order chi connectivity index (χ0) is 11.5. The predicted octanol–water partition coefficient (Wildman–Crippen LogP) is 1.94. The Morgan fingerprint density at radius 2 is 2.25 bits per heavy atom. The quantitative estimate of drug-likeness (QED) is 0.834. The molecule has 0 saturated carbocycles. The van der Waals surface area contributed by atoms with Crippen LogP contribution in [0.2, 0.25) is 0 Å². The summed E-state index contributed by atoms with van der Waals surface area (Å²) in [5.41, 5.74) is 1.21. The molecule has 2 aromatic heterocycles. The molecule has 0 spiro atoms. The van der Waals surface area contributed by atoms with Crippen LogP contribution in [0.3, 0.4) is 0 Å². The highest BCUT2D eigenvalue weighted by Crippen LogP contribution is 2.12. The Hall–Kier alpha value is -2.17. The fraction of sp³-hybridized carbons (Fsp3) is 0.182. The highest BCUT2D eigenvalue weighted by Gasteiger charge is 2.15. The van der Waals surface area contributed by atoms with Gasteiger partial charge in [0.15, 0.2) is 5.89 Å². The Bertz CT molecular complexity index is 505. The Balaban J connectivity index is 2.18. The van der Waals surface area contributed by atoms with Crippen LogP contribution < -0.4 is 5.32 Å². The Morgan fingerprint density at radius 1 is 1.44 bits per heavy atom. The van der Waals surface area contributed by atoms with Crippen molar-refractivity contribution < 1.29 is 9.21 Å². The maximum Gasteiger partial charge on any atom is 0.293 e. The van der Waals surface area contributed by atoms with Crippen molar-refractivity contribution in [3.05, 3.63) is 41.9 Å². The van der Waals surface area contributed by atoms with Crippen molar-refractivity contribution in [2.24, 2.45) is 0 Å². The standard InChI is InChI=1S/C11H11N3O2/c1-7-10(16-8(2)13-7)11(15)14-9-4-3-5-12-6-9/h3-6H,1-2H3,(H,14,15). The van der Waals surface area contributed by atoms with Crippen LogP contribution in [0.5, 0.6) is 0 Å². The number of nitrogens with zero attached hydrogens (tertiary/aromatic N) is 2. The number of hydrogen-bond donors (Lipinski definition) is 1. The number of pyridine rings is 1. The third-order valence-electron chi connectivity index (χ3n) is 2.03. The van der Waals surface area contributed by atoms with E-state index in [1.807, 2.05) is 0 Å². The molecule has 0 fully saturated rings. The predicted molar refractivity (Wildman–Crippen MR) is 58.2 cm³/mol. The molecule has 2 heterocycles. The van der Waals surface area contributed by atoms with Crippen LogP contribution >= 0.6 is 0 Å². The number of rotatable bonds is 2. The van der Waals surface area contributed by atoms with Gasteiger partial charge in [-0.15, -0.1) is 0 Å². The highest BCUT2D eigenvalue weighted by atomic mass is 16.4. The summed E-state index contributed by atoms with van der Waals surface area (Å²) in [6.07, 6.45) is 3.20. The van der Waals surface area contributed by atoms with E-state index in [0.29, 0.717) is 17.3 Å². The van der Waals surface area contributed by atoms with Crippen LogP contribution in [-0.2, 0) is 0 Å². The minimum Gasteiger partial charge on any atom is -0.436 e. The molecule has 5 nitrogen and oxygen atoms in total. The van der Waals surface area contributed by atoms with Crippen LogP contribution in [0.25, 0.3) is 0 Å². The molecule has 0 aliphatic rings. The average Bonchev–Trinajstić information content (AvgIpc) is 2.59. The van der Waals surface area contributed by atoms with Gasteiger partial charge in [0.1, 0.15) is 0 Å². The maximum atomic E-state index is 11.8. The van der Waals surface area contributed by atoms with Gasteiger partial charge in [0.2, 0.25) is 5.76 Å². The normalized spacial score (nSPS) is 10.1. The van der Waals surface area contributed by atoms with Gasteiger partial charge in [-0.2, -0.15) is 0 Å². The summed E-state index contributed by atoms with van der Waals surface area (Å²) in [6, 6.07) is 3.50. The molecule has 2 aromatic rings. The molecule has 82 valence electrons. The van der Waals surface area contributed by atoms with E-state index >= 15 is 0 Å². The van der Waals surface area contributed by atoms with E-state index < -0.39 is 0 Å². The maximum absolute atomic E-state index is 11.8. The third-order valence-corrected chi connectivity index (χ3v) is 2.03. The number of oxazole rings is 1. The van der Waals surface area contributed by atoms with Crippen molar-refractivity contribution in [3.63, 3.8) is 0 Å². The summed E-state index contributed by atoms with van der Waals surface area (Å²) in [4.78, 5) is 19.7. The SMILES string of the molecule is Cc1nc(C)c(C(=O)Nc2cccnc2)o1. The summed E-state index contributed by atoms with van der Waals surface area (Å²) < 4.78 is 5.20. The number of hydrogen-bond acceptors (Lipinski definition) is 4. The van der Waals surface area contributed by atoms with Crippen molar-refractivity contribution in [1.29, 1.82) is 0 Å². The molecule has 0 aliphatic carbocycles. The summed E-state index contributed by atoms with van der Waals surface area (Å²) in [5, 5.41) is 2.68. The van der Waals surface area contributed by atoms with Crippen LogP contribution in [0.4, 0.5) is 5.69 Å². The largest absolute Gasteiger partial charge is 0.436 e. The number of anilines is 1. The molecule has 16 heavy (non-hydrogen) atoms. The lowest BCUT2D eigenvalue weighted by Crippen LogP contribution is -2.12. The first-order valence-electron chi connectivity index (χ1n) is 4.82. The van der Waals surface area contributed by atoms with E-state index in [4.69, 9.17) is 4.42 Å². The van der Waals surface area contributed by atoms with Crippen molar-refractivity contribution in [2.45, 2.75) is 13.8 Å². The first-order chi connectivity index (χ1) is 7.66. The number of amides is 1. The summed E-state index contributed by atoms with van der Waals surface area (Å²) in [7, 11) is 0. The molecule has 5 heteroatoms. The van der Waals surface area contributed by atoms with Crippen LogP contribution in [0.1, 0.15) is 22.1 Å². The van der Waals surface area contributed by atoms with Gasteiger partial charge in [-0.05, 0) is 19.1 Å². The summed E-state index contributed by atoms with van der Waals surface area (Å²) in [6.45, 7) is 3.43. The van der Waals surface area contributed by atoms with Crippen LogP contribution in [-0.4, -0.2) is 15.9 Å². The molecule has 0 atom stereocenters. The lowest BCUT2D eigenvalue weighted by atomic mass is 10.3. The monoisotopic (exact) mass is 217 g/mol. The van der Waals surface area contributed by atoms with Gasteiger partial charge in [-0.1, -0.05) is 0 Å². The molecule has 0 bridgehead atoms. The molecule has 0 unspecified atom stereocenters. The number of nitrogens with one attached hydrogen (secondary N) is 1. The first kappa shape index (κ1) is 10.4. The average molecular weight is 217 g/mol. The molecule has 0 saturated heterocycles. The Morgan fingerprint density at radius 3 is 2.81 bits per heavy atom. The second-order valence-corrected chi connectivity index (χ2v) is 3.34. The van der Waals surface area contributed by atoms with E-state index in [1.165, 1.54) is 0 Å². The van der Waals surface area contributed by atoms with E-state index in [-0.39, 0.29) is 11.7 Å². The topological polar surface area (TPSA) is 68.0 Å². The van der Waals surface area contributed by atoms with Gasteiger partial charge in [-0.3, -0.25) is 9.78 Å². The molecule has 2 rings (SSSR count). The molecule has 1 N–H and O–H groups in total. The van der Waals surface area contributed by atoms with Crippen molar-refractivity contribution >= 4 is 11.6 Å². The first-order valence-corrected chi connectivity index (χ1v) is 4.82. The van der Waals surface area contributed by atoms with Gasteiger partial charge >= 0.3 is 0 Å². The third kappa shape index (κ3) is 2.08. The minimum atomic E-state index is -0.314. The zero-order valence-electron chi connectivity index (χ0n) is 9.02. The summed E-state index contributed by atoms with van der Waals surface area (Å²) in [5.74, 6) is 0.404. The second-order valence-electron chi connectivity index (χ2n) is 3.34. The Kier molecular flexibility index (Phi) is 2.68. The van der Waals surface area contributed by atoms with Gasteiger partial charge in [-0.25, -0.2) is 4.98 Å². The molecule has 1 amide bonds. The summed E-state index contributed by atoms with van der Waals surface area (Å²) >= 11 is 0. The molecule has 0 aromatic carbocycles. The lowest BCUT2D eigenvalue weighted by molar-refractivity contribution is 0.0994. The lowest BCUT2D eigenvalue weighted by Gasteiger charge is -2.01. The van der Waals surface area contributed by atoms with E-state index in [2.05, 4.69) is 15.3 Å².